The molecule has 0 aromatic carbocycles. The fraction of sp³-hybridized carbons (Fsp3) is 0.545. The maximum Gasteiger partial charge on any atom is 0.349 e. The Bertz CT molecular complexity index is 872. The van der Waals surface area contributed by atoms with E-state index in [4.69, 9.17) is 4.74 Å². The van der Waals surface area contributed by atoms with Gasteiger partial charge in [0, 0.05) is 24.0 Å². The fourth-order valence-electron chi connectivity index (χ4n) is 3.62. The van der Waals surface area contributed by atoms with Gasteiger partial charge in [0.2, 0.25) is 0 Å². The van der Waals surface area contributed by atoms with Crippen molar-refractivity contribution in [1.29, 1.82) is 5.26 Å². The van der Waals surface area contributed by atoms with Crippen molar-refractivity contribution in [3.8, 4) is 6.07 Å². The van der Waals surface area contributed by atoms with Gasteiger partial charge in [-0.15, -0.1) is 0 Å². The molecule has 162 valence electrons. The Labute approximate surface area is 177 Å². The molecule has 1 aliphatic rings. The van der Waals surface area contributed by atoms with E-state index in [0.29, 0.717) is 0 Å². The van der Waals surface area contributed by atoms with Gasteiger partial charge in [-0.2, -0.15) is 5.26 Å². The van der Waals surface area contributed by atoms with E-state index in [0.717, 1.165) is 55.6 Å². The van der Waals surface area contributed by atoms with Crippen LogP contribution in [0.1, 0.15) is 62.9 Å². The zero-order chi connectivity index (χ0) is 22.3. The quantitative estimate of drug-likeness (QED) is 0.404. The second-order valence-electron chi connectivity index (χ2n) is 7.64. The second kappa shape index (κ2) is 10.6. The standard InChI is InChI=1S/C22H30N4O4/c1-5-10-26-14(2)11-17(15(26)3)12-18(13-23)21(28)30-16(4)20(27)25-22(29)24-19-8-6-7-9-19/h11-12,16,19H,5-10H2,1-4H3,(H2,24,25,27,29)/b18-12+. The normalized spacial score (nSPS) is 15.4. The molecule has 2 rings (SSSR count). The van der Waals surface area contributed by atoms with Gasteiger partial charge in [0.25, 0.3) is 5.91 Å². The van der Waals surface area contributed by atoms with E-state index in [9.17, 15) is 19.6 Å². The van der Waals surface area contributed by atoms with Crippen LogP contribution in [0, 0.1) is 25.2 Å². The smallest absolute Gasteiger partial charge is 0.349 e. The second-order valence-corrected chi connectivity index (χ2v) is 7.64. The number of ether oxygens (including phenoxy) is 1. The first-order chi connectivity index (χ1) is 14.3. The first kappa shape index (κ1) is 23.2. The highest BCUT2D eigenvalue weighted by molar-refractivity contribution is 6.01. The van der Waals surface area contributed by atoms with Crippen molar-refractivity contribution >= 4 is 24.0 Å². The Kier molecular flexibility index (Phi) is 8.22. The summed E-state index contributed by atoms with van der Waals surface area (Å²) in [6, 6.07) is 3.20. The van der Waals surface area contributed by atoms with Gasteiger partial charge in [-0.3, -0.25) is 10.1 Å². The lowest BCUT2D eigenvalue weighted by atomic mass is 10.1. The number of hydrogen-bond acceptors (Lipinski definition) is 5. The van der Waals surface area contributed by atoms with E-state index >= 15 is 0 Å². The summed E-state index contributed by atoms with van der Waals surface area (Å²) in [5.41, 5.74) is 2.53. The highest BCUT2D eigenvalue weighted by atomic mass is 16.5. The average molecular weight is 415 g/mol. The maximum atomic E-state index is 12.4. The van der Waals surface area contributed by atoms with Crippen molar-refractivity contribution in [2.75, 3.05) is 0 Å². The molecule has 1 unspecified atom stereocenters. The largest absolute Gasteiger partial charge is 0.448 e. The monoisotopic (exact) mass is 414 g/mol. The summed E-state index contributed by atoms with van der Waals surface area (Å²) in [5, 5.41) is 14.3. The molecule has 8 heteroatoms. The van der Waals surface area contributed by atoms with Gasteiger partial charge in [0.05, 0.1) is 0 Å². The minimum Gasteiger partial charge on any atom is -0.448 e. The first-order valence-electron chi connectivity index (χ1n) is 10.4. The van der Waals surface area contributed by atoms with Crippen molar-refractivity contribution in [2.24, 2.45) is 0 Å². The van der Waals surface area contributed by atoms with Gasteiger partial charge in [-0.1, -0.05) is 19.8 Å². The van der Waals surface area contributed by atoms with Gasteiger partial charge in [-0.25, -0.2) is 9.59 Å². The molecule has 8 nitrogen and oxygen atoms in total. The van der Waals surface area contributed by atoms with Crippen LogP contribution in [0.25, 0.3) is 6.08 Å². The van der Waals surface area contributed by atoms with E-state index in [2.05, 4.69) is 22.1 Å². The molecule has 1 heterocycles. The molecule has 1 aromatic heterocycles. The van der Waals surface area contributed by atoms with Crippen LogP contribution in [-0.2, 0) is 20.9 Å². The number of amides is 3. The van der Waals surface area contributed by atoms with Gasteiger partial charge in [0.1, 0.15) is 11.6 Å². The molecule has 0 radical (unpaired) electrons. The lowest BCUT2D eigenvalue weighted by molar-refractivity contribution is -0.150. The maximum absolute atomic E-state index is 12.4. The van der Waals surface area contributed by atoms with Gasteiger partial charge >= 0.3 is 12.0 Å². The molecule has 1 saturated carbocycles. The van der Waals surface area contributed by atoms with Gasteiger partial charge in [-0.05, 0) is 57.7 Å². The molecule has 30 heavy (non-hydrogen) atoms. The third-order valence-electron chi connectivity index (χ3n) is 5.28. The van der Waals surface area contributed by atoms with Crippen LogP contribution in [-0.4, -0.2) is 34.6 Å². The molecule has 3 amide bonds. The lowest BCUT2D eigenvalue weighted by Gasteiger charge is -2.15. The summed E-state index contributed by atoms with van der Waals surface area (Å²) >= 11 is 0. The third-order valence-corrected chi connectivity index (χ3v) is 5.28. The van der Waals surface area contributed by atoms with Crippen LogP contribution in [0.3, 0.4) is 0 Å². The summed E-state index contributed by atoms with van der Waals surface area (Å²) < 4.78 is 7.22. The summed E-state index contributed by atoms with van der Waals surface area (Å²) in [7, 11) is 0. The Morgan fingerprint density at radius 1 is 1.33 bits per heavy atom. The van der Waals surface area contributed by atoms with Gasteiger partial charge < -0.3 is 14.6 Å². The van der Waals surface area contributed by atoms with E-state index in [1.54, 1.807) is 0 Å². The SMILES string of the molecule is CCCn1c(C)cc(/C=C(\C#N)C(=O)OC(C)C(=O)NC(=O)NC2CCCC2)c1C. The molecule has 1 aromatic rings. The number of rotatable bonds is 7. The molecule has 1 fully saturated rings. The minimum atomic E-state index is -1.21. The van der Waals surface area contributed by atoms with Crippen molar-refractivity contribution < 1.29 is 19.1 Å². The summed E-state index contributed by atoms with van der Waals surface area (Å²) in [6.45, 7) is 8.17. The van der Waals surface area contributed by atoms with Crippen molar-refractivity contribution in [2.45, 2.75) is 78.5 Å². The molecule has 0 aliphatic heterocycles. The van der Waals surface area contributed by atoms with E-state index in [1.165, 1.54) is 13.0 Å². The number of imide groups is 1. The highest BCUT2D eigenvalue weighted by Gasteiger charge is 2.24. The van der Waals surface area contributed by atoms with Crippen molar-refractivity contribution in [1.82, 2.24) is 15.2 Å². The number of nitrogens with zero attached hydrogens (tertiary/aromatic N) is 2. The van der Waals surface area contributed by atoms with Crippen LogP contribution in [0.4, 0.5) is 4.79 Å². The molecule has 0 bridgehead atoms. The number of esters is 1. The zero-order valence-corrected chi connectivity index (χ0v) is 18.1. The fourth-order valence-corrected chi connectivity index (χ4v) is 3.62. The molecular formula is C22H30N4O4. The summed E-state index contributed by atoms with van der Waals surface area (Å²) in [6.07, 6.45) is 5.11. The Balaban J connectivity index is 1.99. The summed E-state index contributed by atoms with van der Waals surface area (Å²) in [4.78, 5) is 36.4. The van der Waals surface area contributed by atoms with Crippen LogP contribution >= 0.6 is 0 Å². The molecule has 0 saturated heterocycles. The predicted octanol–water partition coefficient (Wildman–Crippen LogP) is 3.12. The Morgan fingerprint density at radius 3 is 2.60 bits per heavy atom. The number of aromatic nitrogens is 1. The highest BCUT2D eigenvalue weighted by Crippen LogP contribution is 2.19. The van der Waals surface area contributed by atoms with Crippen LogP contribution in [0.15, 0.2) is 11.6 Å². The van der Waals surface area contributed by atoms with Crippen LogP contribution < -0.4 is 10.6 Å². The van der Waals surface area contributed by atoms with Crippen molar-refractivity contribution in [3.63, 3.8) is 0 Å². The van der Waals surface area contributed by atoms with Crippen LogP contribution in [0.2, 0.25) is 0 Å². The Morgan fingerprint density at radius 2 is 2.00 bits per heavy atom. The number of aryl methyl sites for hydroxylation is 1. The van der Waals surface area contributed by atoms with Crippen LogP contribution in [0.5, 0.6) is 0 Å². The molecule has 0 spiro atoms. The molecule has 1 atom stereocenters. The average Bonchev–Trinajstić information content (AvgIpc) is 3.29. The predicted molar refractivity (Wildman–Crippen MR) is 112 cm³/mol. The number of hydrogen-bond donors (Lipinski definition) is 2. The minimum absolute atomic E-state index is 0.0653. The number of carbonyl (C=O) groups excluding carboxylic acids is 3. The van der Waals surface area contributed by atoms with Crippen molar-refractivity contribution in [3.05, 3.63) is 28.6 Å². The number of urea groups is 1. The third kappa shape index (κ3) is 5.96. The molecular weight excluding hydrogens is 384 g/mol. The van der Waals surface area contributed by atoms with E-state index in [-0.39, 0.29) is 11.6 Å². The molecule has 1 aliphatic carbocycles. The number of carbonyl (C=O) groups is 3. The van der Waals surface area contributed by atoms with Gasteiger partial charge in [0.15, 0.2) is 6.10 Å². The zero-order valence-electron chi connectivity index (χ0n) is 18.1. The summed E-state index contributed by atoms with van der Waals surface area (Å²) in [5.74, 6) is -1.64. The number of nitrogens with one attached hydrogen (secondary N) is 2. The molecule has 2 N–H and O–H groups in total. The van der Waals surface area contributed by atoms with E-state index in [1.807, 2.05) is 26.0 Å². The number of nitriles is 1. The topological polar surface area (TPSA) is 113 Å². The lowest BCUT2D eigenvalue weighted by Crippen LogP contribution is -2.47. The van der Waals surface area contributed by atoms with E-state index < -0.39 is 24.0 Å². The first-order valence-corrected chi connectivity index (χ1v) is 10.4. The Hall–Kier alpha value is -3.08.